The number of para-hydroxylation sites is 1. The topological polar surface area (TPSA) is 80.0 Å². The number of hydrazine groups is 2. The monoisotopic (exact) mass is 436 g/mol. The van der Waals surface area contributed by atoms with Gasteiger partial charge in [-0.2, -0.15) is 0 Å². The van der Waals surface area contributed by atoms with Crippen molar-refractivity contribution in [3.63, 3.8) is 0 Å². The standard InChI is InChI=1S/C23H25FN6O2/c1-14-7-8-16(11-15(14)2)19-12-20-22-27-30(23(32)28(22)9-10-29(20)26-19)13-21(31)25-18-6-4-3-5-17(18)24/h3-11,19-20,22,26-27H,12-13H2,1-2H3,(H,25,31). The normalized spacial score (nSPS) is 24.0. The molecular weight excluding hydrogens is 411 g/mol. The van der Waals surface area contributed by atoms with Crippen molar-refractivity contribution < 1.29 is 14.0 Å². The van der Waals surface area contributed by atoms with E-state index in [4.69, 9.17) is 0 Å². The Morgan fingerprint density at radius 1 is 1.12 bits per heavy atom. The highest BCUT2D eigenvalue weighted by Crippen LogP contribution is 2.35. The van der Waals surface area contributed by atoms with Crippen molar-refractivity contribution >= 4 is 17.6 Å². The van der Waals surface area contributed by atoms with Crippen LogP contribution in [0.15, 0.2) is 54.9 Å². The van der Waals surface area contributed by atoms with Gasteiger partial charge in [-0.25, -0.2) is 25.0 Å². The Morgan fingerprint density at radius 3 is 2.72 bits per heavy atom. The maximum atomic E-state index is 13.8. The van der Waals surface area contributed by atoms with E-state index in [2.05, 4.69) is 48.2 Å². The number of rotatable bonds is 4. The van der Waals surface area contributed by atoms with Gasteiger partial charge in [0.05, 0.1) is 17.8 Å². The zero-order valence-corrected chi connectivity index (χ0v) is 17.9. The van der Waals surface area contributed by atoms with Gasteiger partial charge < -0.3 is 10.3 Å². The zero-order chi connectivity index (χ0) is 22.4. The fourth-order valence-corrected chi connectivity index (χ4v) is 4.43. The summed E-state index contributed by atoms with van der Waals surface area (Å²) in [6, 6.07) is 12.2. The summed E-state index contributed by atoms with van der Waals surface area (Å²) in [6.07, 6.45) is 4.05. The second kappa shape index (κ2) is 7.92. The second-order valence-corrected chi connectivity index (χ2v) is 8.41. The van der Waals surface area contributed by atoms with Gasteiger partial charge in [0.2, 0.25) is 5.91 Å². The molecular formula is C23H25FN6O2. The number of nitrogens with one attached hydrogen (secondary N) is 3. The summed E-state index contributed by atoms with van der Waals surface area (Å²) in [6.45, 7) is 3.97. The summed E-state index contributed by atoms with van der Waals surface area (Å²) in [4.78, 5) is 26.9. The van der Waals surface area contributed by atoms with E-state index in [0.717, 1.165) is 6.42 Å². The second-order valence-electron chi connectivity index (χ2n) is 8.41. The number of urea groups is 1. The lowest BCUT2D eigenvalue weighted by atomic mass is 9.97. The van der Waals surface area contributed by atoms with Crippen LogP contribution in [0.5, 0.6) is 0 Å². The van der Waals surface area contributed by atoms with Crippen LogP contribution in [0.4, 0.5) is 14.9 Å². The van der Waals surface area contributed by atoms with E-state index in [1.54, 1.807) is 23.2 Å². The minimum absolute atomic E-state index is 0.00446. The first-order valence-corrected chi connectivity index (χ1v) is 10.6. The summed E-state index contributed by atoms with van der Waals surface area (Å²) in [5.41, 5.74) is 10.5. The molecule has 3 N–H and O–H groups in total. The van der Waals surface area contributed by atoms with Gasteiger partial charge in [-0.1, -0.05) is 30.3 Å². The van der Waals surface area contributed by atoms with Gasteiger partial charge in [-0.15, -0.1) is 0 Å². The molecule has 2 aromatic carbocycles. The molecule has 3 aliphatic rings. The van der Waals surface area contributed by atoms with Crippen molar-refractivity contribution in [2.24, 2.45) is 0 Å². The SMILES string of the molecule is Cc1ccc(C2CC3C4NN(CC(=O)Nc5ccccc5F)C(=O)N4C=CN3N2)cc1C. The van der Waals surface area contributed by atoms with Gasteiger partial charge in [0.25, 0.3) is 0 Å². The van der Waals surface area contributed by atoms with Gasteiger partial charge in [0.15, 0.2) is 0 Å². The van der Waals surface area contributed by atoms with Gasteiger partial charge in [-0.3, -0.25) is 9.69 Å². The van der Waals surface area contributed by atoms with E-state index in [-0.39, 0.29) is 36.5 Å². The number of hydrogen-bond donors (Lipinski definition) is 3. The number of fused-ring (bicyclic) bond motifs is 3. The van der Waals surface area contributed by atoms with Crippen LogP contribution in [0.1, 0.15) is 29.2 Å². The molecule has 0 saturated carbocycles. The molecule has 2 fully saturated rings. The molecule has 0 bridgehead atoms. The van der Waals surface area contributed by atoms with Crippen LogP contribution in [0.2, 0.25) is 0 Å². The van der Waals surface area contributed by atoms with E-state index in [0.29, 0.717) is 0 Å². The Labute approximate surface area is 185 Å². The van der Waals surface area contributed by atoms with Crippen LogP contribution in [-0.4, -0.2) is 45.6 Å². The van der Waals surface area contributed by atoms with E-state index in [1.807, 2.05) is 11.2 Å². The van der Waals surface area contributed by atoms with Crippen LogP contribution >= 0.6 is 0 Å². The van der Waals surface area contributed by atoms with Gasteiger partial charge in [0, 0.05) is 12.4 Å². The molecule has 2 saturated heterocycles. The summed E-state index contributed by atoms with van der Waals surface area (Å²) < 4.78 is 13.8. The number of carbonyl (C=O) groups excluding carboxylic acids is 2. The highest BCUT2D eigenvalue weighted by molar-refractivity contribution is 5.94. The van der Waals surface area contributed by atoms with Crippen molar-refractivity contribution in [3.05, 3.63) is 77.4 Å². The summed E-state index contributed by atoms with van der Waals surface area (Å²) in [5.74, 6) is -0.999. The molecule has 3 unspecified atom stereocenters. The number of aryl methyl sites for hydroxylation is 2. The van der Waals surface area contributed by atoms with Gasteiger partial charge in [-0.05, 0) is 49.1 Å². The molecule has 0 aromatic heterocycles. The zero-order valence-electron chi connectivity index (χ0n) is 17.9. The van der Waals surface area contributed by atoms with Gasteiger partial charge >= 0.3 is 6.03 Å². The molecule has 9 heteroatoms. The van der Waals surface area contributed by atoms with E-state index in [9.17, 15) is 14.0 Å². The Hall–Kier alpha value is -3.43. The van der Waals surface area contributed by atoms with Crippen molar-refractivity contribution in [2.45, 2.75) is 38.5 Å². The van der Waals surface area contributed by atoms with Crippen molar-refractivity contribution in [1.29, 1.82) is 0 Å². The summed E-state index contributed by atoms with van der Waals surface area (Å²) in [5, 5.41) is 5.81. The molecule has 0 spiro atoms. The van der Waals surface area contributed by atoms with Crippen LogP contribution in [-0.2, 0) is 4.79 Å². The molecule has 0 radical (unpaired) electrons. The number of benzene rings is 2. The first kappa shape index (κ1) is 20.5. The number of nitrogens with zero attached hydrogens (tertiary/aromatic N) is 3. The molecule has 32 heavy (non-hydrogen) atoms. The minimum Gasteiger partial charge on any atom is -0.322 e. The molecule has 0 aliphatic carbocycles. The average Bonchev–Trinajstić information content (AvgIpc) is 3.33. The maximum absolute atomic E-state index is 13.8. The first-order chi connectivity index (χ1) is 15.4. The minimum atomic E-state index is -0.521. The van der Waals surface area contributed by atoms with Crippen LogP contribution in [0.25, 0.3) is 0 Å². The average molecular weight is 436 g/mol. The molecule has 166 valence electrons. The van der Waals surface area contributed by atoms with Crippen molar-refractivity contribution in [1.82, 2.24) is 25.8 Å². The molecule has 5 rings (SSSR count). The molecule has 3 amide bonds. The number of carbonyl (C=O) groups is 2. The summed E-state index contributed by atoms with van der Waals surface area (Å²) >= 11 is 0. The fourth-order valence-electron chi connectivity index (χ4n) is 4.43. The Kier molecular flexibility index (Phi) is 5.07. The number of anilines is 1. The molecule has 3 atom stereocenters. The smallest absolute Gasteiger partial charge is 0.322 e. The van der Waals surface area contributed by atoms with E-state index >= 15 is 0 Å². The molecule has 3 heterocycles. The number of hydrogen-bond acceptors (Lipinski definition) is 5. The van der Waals surface area contributed by atoms with Crippen LogP contribution in [0.3, 0.4) is 0 Å². The van der Waals surface area contributed by atoms with E-state index in [1.165, 1.54) is 33.8 Å². The van der Waals surface area contributed by atoms with Crippen molar-refractivity contribution in [2.75, 3.05) is 11.9 Å². The van der Waals surface area contributed by atoms with Crippen molar-refractivity contribution in [3.8, 4) is 0 Å². The van der Waals surface area contributed by atoms with E-state index < -0.39 is 11.7 Å². The fraction of sp³-hybridized carbons (Fsp3) is 0.304. The highest BCUT2D eigenvalue weighted by atomic mass is 19.1. The third-order valence-electron chi connectivity index (χ3n) is 6.31. The Bertz CT molecular complexity index is 1110. The Morgan fingerprint density at radius 2 is 1.94 bits per heavy atom. The molecule has 3 aliphatic heterocycles. The lowest BCUT2D eigenvalue weighted by molar-refractivity contribution is -0.117. The molecule has 2 aromatic rings. The quantitative estimate of drug-likeness (QED) is 0.687. The van der Waals surface area contributed by atoms with Crippen LogP contribution in [0, 0.1) is 19.7 Å². The third kappa shape index (κ3) is 3.59. The highest BCUT2D eigenvalue weighted by Gasteiger charge is 2.48. The molecule has 8 nitrogen and oxygen atoms in total. The third-order valence-corrected chi connectivity index (χ3v) is 6.31. The van der Waals surface area contributed by atoms with Gasteiger partial charge in [0.1, 0.15) is 18.5 Å². The predicted octanol–water partition coefficient (Wildman–Crippen LogP) is 2.75. The lowest BCUT2D eigenvalue weighted by Gasteiger charge is -2.34. The number of halogens is 1. The lowest BCUT2D eigenvalue weighted by Crippen LogP contribution is -2.54. The summed E-state index contributed by atoms with van der Waals surface area (Å²) in [7, 11) is 0. The predicted molar refractivity (Wildman–Crippen MR) is 117 cm³/mol. The Balaban J connectivity index is 1.27. The number of amides is 3. The van der Waals surface area contributed by atoms with Crippen LogP contribution < -0.4 is 16.2 Å². The maximum Gasteiger partial charge on any atom is 0.340 e. The first-order valence-electron chi connectivity index (χ1n) is 10.6. The largest absolute Gasteiger partial charge is 0.340 e.